The van der Waals surface area contributed by atoms with Crippen molar-refractivity contribution in [2.45, 2.75) is 33.4 Å². The average molecular weight is 294 g/mol. The van der Waals surface area contributed by atoms with Crippen LogP contribution in [0, 0.1) is 0 Å². The summed E-state index contributed by atoms with van der Waals surface area (Å²) in [4.78, 5) is 0. The fraction of sp³-hybridized carbons (Fsp3) is 0.400. The fourth-order valence-electron chi connectivity index (χ4n) is 1.84. The van der Waals surface area contributed by atoms with Gasteiger partial charge in [-0.15, -0.1) is 0 Å². The lowest BCUT2D eigenvalue weighted by Gasteiger charge is -2.12. The van der Waals surface area contributed by atoms with Crippen LogP contribution < -0.4 is 10.1 Å². The predicted octanol–water partition coefficient (Wildman–Crippen LogP) is 4.02. The van der Waals surface area contributed by atoms with Crippen molar-refractivity contribution in [2.75, 3.05) is 6.54 Å². The second-order valence-electron chi connectivity index (χ2n) is 4.86. The van der Waals surface area contributed by atoms with Crippen molar-refractivity contribution in [3.05, 3.63) is 41.2 Å². The van der Waals surface area contributed by atoms with E-state index in [4.69, 9.17) is 16.3 Å². The van der Waals surface area contributed by atoms with Gasteiger partial charge in [0.1, 0.15) is 0 Å². The molecule has 1 N–H and O–H groups in total. The predicted molar refractivity (Wildman–Crippen MR) is 81.5 cm³/mol. The monoisotopic (exact) mass is 293 g/mol. The number of para-hydroxylation sites is 1. The van der Waals surface area contributed by atoms with Crippen LogP contribution in [-0.4, -0.2) is 16.3 Å². The molecule has 1 aromatic heterocycles. The van der Waals surface area contributed by atoms with Crippen LogP contribution in [0.15, 0.2) is 30.6 Å². The molecule has 0 aliphatic rings. The molecule has 1 aromatic carbocycles. The third kappa shape index (κ3) is 3.52. The summed E-state index contributed by atoms with van der Waals surface area (Å²) in [5.41, 5.74) is 1.04. The molecule has 4 nitrogen and oxygen atoms in total. The second-order valence-corrected chi connectivity index (χ2v) is 5.27. The molecule has 0 atom stereocenters. The smallest absolute Gasteiger partial charge is 0.165 e. The molecule has 0 unspecified atom stereocenters. The lowest BCUT2D eigenvalue weighted by molar-refractivity contribution is 0.469. The van der Waals surface area contributed by atoms with E-state index in [1.165, 1.54) is 0 Å². The third-order valence-corrected chi connectivity index (χ3v) is 3.24. The van der Waals surface area contributed by atoms with Crippen molar-refractivity contribution in [3.8, 4) is 11.5 Å². The van der Waals surface area contributed by atoms with E-state index >= 15 is 0 Å². The number of ether oxygens (including phenoxy) is 1. The van der Waals surface area contributed by atoms with Crippen LogP contribution in [0.1, 0.15) is 32.4 Å². The Bertz CT molecular complexity index is 566. The van der Waals surface area contributed by atoms with E-state index in [9.17, 15) is 0 Å². The van der Waals surface area contributed by atoms with Crippen LogP contribution >= 0.6 is 11.6 Å². The fourth-order valence-corrected chi connectivity index (χ4v) is 2.07. The SMILES string of the molecule is CCNCc1cccc(Cl)c1Oc1cnn(C(C)C)c1. The number of nitrogens with one attached hydrogen (secondary N) is 1. The molecule has 2 aromatic rings. The van der Waals surface area contributed by atoms with Crippen LogP contribution in [0.2, 0.25) is 5.02 Å². The Labute approximate surface area is 124 Å². The maximum absolute atomic E-state index is 6.25. The van der Waals surface area contributed by atoms with Crippen molar-refractivity contribution in [1.82, 2.24) is 15.1 Å². The Morgan fingerprint density at radius 2 is 2.20 bits per heavy atom. The Morgan fingerprint density at radius 1 is 1.40 bits per heavy atom. The Kier molecular flexibility index (Phi) is 5.04. The molecule has 108 valence electrons. The van der Waals surface area contributed by atoms with Gasteiger partial charge in [-0.3, -0.25) is 4.68 Å². The second kappa shape index (κ2) is 6.77. The molecule has 0 aliphatic heterocycles. The number of halogens is 1. The standard InChI is InChI=1S/C15H20ClN3O/c1-4-17-8-12-6-5-7-14(16)15(12)20-13-9-18-19(10-13)11(2)3/h5-7,9-11,17H,4,8H2,1-3H3. The lowest BCUT2D eigenvalue weighted by atomic mass is 10.2. The third-order valence-electron chi connectivity index (χ3n) is 2.94. The van der Waals surface area contributed by atoms with Gasteiger partial charge in [-0.1, -0.05) is 30.7 Å². The summed E-state index contributed by atoms with van der Waals surface area (Å²) in [6.45, 7) is 7.84. The van der Waals surface area contributed by atoms with Crippen molar-refractivity contribution < 1.29 is 4.74 Å². The number of nitrogens with zero attached hydrogens (tertiary/aromatic N) is 2. The van der Waals surface area contributed by atoms with Gasteiger partial charge in [0.15, 0.2) is 11.5 Å². The summed E-state index contributed by atoms with van der Waals surface area (Å²) in [6, 6.07) is 6.08. The van der Waals surface area contributed by atoms with Crippen LogP contribution in [0.25, 0.3) is 0 Å². The highest BCUT2D eigenvalue weighted by molar-refractivity contribution is 6.32. The molecule has 5 heteroatoms. The summed E-state index contributed by atoms with van der Waals surface area (Å²) in [5.74, 6) is 1.39. The maximum atomic E-state index is 6.25. The highest BCUT2D eigenvalue weighted by Gasteiger charge is 2.11. The Balaban J connectivity index is 2.22. The topological polar surface area (TPSA) is 39.1 Å². The molecule has 0 bridgehead atoms. The first kappa shape index (κ1) is 14.9. The molecule has 0 saturated carbocycles. The van der Waals surface area contributed by atoms with Crippen molar-refractivity contribution in [1.29, 1.82) is 0 Å². The minimum Gasteiger partial charge on any atom is -0.452 e. The van der Waals surface area contributed by atoms with Gasteiger partial charge in [0.05, 0.1) is 17.4 Å². The Hall–Kier alpha value is -1.52. The highest BCUT2D eigenvalue weighted by Crippen LogP contribution is 2.33. The van der Waals surface area contributed by atoms with Gasteiger partial charge < -0.3 is 10.1 Å². The summed E-state index contributed by atoms with van der Waals surface area (Å²) in [7, 11) is 0. The minimum atomic E-state index is 0.305. The molecule has 0 spiro atoms. The largest absolute Gasteiger partial charge is 0.452 e. The summed E-state index contributed by atoms with van der Waals surface area (Å²) in [5, 5.41) is 8.16. The van der Waals surface area contributed by atoms with Gasteiger partial charge >= 0.3 is 0 Å². The van der Waals surface area contributed by atoms with Gasteiger partial charge in [0.25, 0.3) is 0 Å². The zero-order valence-corrected chi connectivity index (χ0v) is 12.8. The van der Waals surface area contributed by atoms with E-state index in [0.717, 1.165) is 18.7 Å². The molecule has 2 rings (SSSR count). The number of rotatable bonds is 6. The van der Waals surface area contributed by atoms with Gasteiger partial charge in [-0.2, -0.15) is 5.10 Å². The maximum Gasteiger partial charge on any atom is 0.165 e. The van der Waals surface area contributed by atoms with E-state index in [2.05, 4.69) is 31.2 Å². The minimum absolute atomic E-state index is 0.305. The first-order chi connectivity index (χ1) is 9.61. The van der Waals surface area contributed by atoms with Gasteiger partial charge in [-0.05, 0) is 26.5 Å². The van der Waals surface area contributed by atoms with Gasteiger partial charge in [-0.25, -0.2) is 0 Å². The highest BCUT2D eigenvalue weighted by atomic mass is 35.5. The number of hydrogen-bond donors (Lipinski definition) is 1. The summed E-state index contributed by atoms with van der Waals surface area (Å²) < 4.78 is 7.77. The molecule has 0 aliphatic carbocycles. The summed E-state index contributed by atoms with van der Waals surface area (Å²) in [6.07, 6.45) is 3.59. The molecule has 0 fully saturated rings. The van der Waals surface area contributed by atoms with Gasteiger partial charge in [0, 0.05) is 18.2 Å². The zero-order chi connectivity index (χ0) is 14.5. The molecule has 0 amide bonds. The van der Waals surface area contributed by atoms with E-state index in [1.54, 1.807) is 6.20 Å². The van der Waals surface area contributed by atoms with E-state index < -0.39 is 0 Å². The molecule has 0 saturated heterocycles. The summed E-state index contributed by atoms with van der Waals surface area (Å²) >= 11 is 6.25. The quantitative estimate of drug-likeness (QED) is 0.874. The van der Waals surface area contributed by atoms with Crippen LogP contribution in [-0.2, 0) is 6.54 Å². The molecule has 1 heterocycles. The normalized spacial score (nSPS) is 11.1. The van der Waals surface area contributed by atoms with Crippen LogP contribution in [0.4, 0.5) is 0 Å². The first-order valence-corrected chi connectivity index (χ1v) is 7.19. The van der Waals surface area contributed by atoms with Crippen LogP contribution in [0.3, 0.4) is 0 Å². The van der Waals surface area contributed by atoms with E-state index in [0.29, 0.717) is 22.6 Å². The number of aromatic nitrogens is 2. The van der Waals surface area contributed by atoms with Gasteiger partial charge in [0.2, 0.25) is 0 Å². The Morgan fingerprint density at radius 3 is 2.85 bits per heavy atom. The van der Waals surface area contributed by atoms with Crippen molar-refractivity contribution in [3.63, 3.8) is 0 Å². The molecule has 0 radical (unpaired) electrons. The van der Waals surface area contributed by atoms with E-state index in [1.807, 2.05) is 29.1 Å². The van der Waals surface area contributed by atoms with Crippen LogP contribution in [0.5, 0.6) is 11.5 Å². The molecular weight excluding hydrogens is 274 g/mol. The zero-order valence-electron chi connectivity index (χ0n) is 12.1. The van der Waals surface area contributed by atoms with Crippen molar-refractivity contribution >= 4 is 11.6 Å². The number of benzene rings is 1. The first-order valence-electron chi connectivity index (χ1n) is 6.82. The van der Waals surface area contributed by atoms with Crippen molar-refractivity contribution in [2.24, 2.45) is 0 Å². The lowest BCUT2D eigenvalue weighted by Crippen LogP contribution is -2.12. The molecule has 20 heavy (non-hydrogen) atoms. The average Bonchev–Trinajstić information content (AvgIpc) is 2.88. The molecular formula is C15H20ClN3O. The van der Waals surface area contributed by atoms with E-state index in [-0.39, 0.29) is 0 Å². The number of hydrogen-bond acceptors (Lipinski definition) is 3.